The maximum atomic E-state index is 13.5. The number of H-pyrrole nitrogens is 1. The van der Waals surface area contributed by atoms with Crippen LogP contribution >= 0.6 is 0 Å². The van der Waals surface area contributed by atoms with Gasteiger partial charge in [0.15, 0.2) is 18.2 Å². The molecular weight excluding hydrogens is 318 g/mol. The van der Waals surface area contributed by atoms with E-state index in [9.17, 15) is 18.4 Å². The Kier molecular flexibility index (Phi) is 4.59. The van der Waals surface area contributed by atoms with Gasteiger partial charge in [0.25, 0.3) is 5.91 Å². The summed E-state index contributed by atoms with van der Waals surface area (Å²) in [7, 11) is 0. The van der Waals surface area contributed by atoms with Crippen molar-refractivity contribution in [3.8, 4) is 5.75 Å². The van der Waals surface area contributed by atoms with E-state index in [-0.39, 0.29) is 17.2 Å². The highest BCUT2D eigenvalue weighted by atomic mass is 19.1. The van der Waals surface area contributed by atoms with Gasteiger partial charge in [-0.05, 0) is 31.0 Å². The van der Waals surface area contributed by atoms with Gasteiger partial charge >= 0.3 is 0 Å². The fourth-order valence-electron chi connectivity index (χ4n) is 2.59. The van der Waals surface area contributed by atoms with Crippen LogP contribution in [0.25, 0.3) is 0 Å². The van der Waals surface area contributed by atoms with Crippen molar-refractivity contribution in [2.45, 2.75) is 12.8 Å². The molecule has 0 unspecified atom stereocenters. The number of hydrogen-bond donors (Lipinski definition) is 1. The average molecular weight is 334 g/mol. The molecule has 1 fully saturated rings. The standard InChI is InChI=1S/C17H16F2N2O3/c18-12-3-4-16(13(19)8-12)24-10-15(22)11-7-14(20-9-11)17(23)21-5-1-2-6-21/h3-4,7-9,20H,1-2,5-6,10H2. The number of carbonyl (C=O) groups is 2. The van der Waals surface area contributed by atoms with Crippen LogP contribution in [-0.4, -0.2) is 41.3 Å². The largest absolute Gasteiger partial charge is 0.482 e. The van der Waals surface area contributed by atoms with Gasteiger partial charge in [-0.15, -0.1) is 0 Å². The SMILES string of the molecule is O=C(COc1ccc(F)cc1F)c1c[nH]c(C(=O)N2CCCC2)c1. The first kappa shape index (κ1) is 16.2. The summed E-state index contributed by atoms with van der Waals surface area (Å²) < 4.78 is 31.3. The number of aromatic amines is 1. The number of nitrogens with one attached hydrogen (secondary N) is 1. The molecule has 5 nitrogen and oxygen atoms in total. The van der Waals surface area contributed by atoms with Crippen molar-refractivity contribution in [3.63, 3.8) is 0 Å². The first-order valence-electron chi connectivity index (χ1n) is 7.63. The highest BCUT2D eigenvalue weighted by molar-refractivity contribution is 6.01. The minimum absolute atomic E-state index is 0.142. The highest BCUT2D eigenvalue weighted by Crippen LogP contribution is 2.18. The summed E-state index contributed by atoms with van der Waals surface area (Å²) >= 11 is 0. The lowest BCUT2D eigenvalue weighted by Crippen LogP contribution is -2.27. The van der Waals surface area contributed by atoms with Crippen LogP contribution < -0.4 is 4.74 Å². The molecule has 24 heavy (non-hydrogen) atoms. The second-order valence-corrected chi connectivity index (χ2v) is 5.59. The number of benzene rings is 1. The topological polar surface area (TPSA) is 62.4 Å². The van der Waals surface area contributed by atoms with Crippen molar-refractivity contribution in [3.05, 3.63) is 53.4 Å². The van der Waals surface area contributed by atoms with E-state index in [1.165, 1.54) is 12.3 Å². The molecule has 0 spiro atoms. The number of amides is 1. The van der Waals surface area contributed by atoms with Crippen LogP contribution in [0.4, 0.5) is 8.78 Å². The molecular formula is C17H16F2N2O3. The first-order chi connectivity index (χ1) is 11.5. The number of ether oxygens (including phenoxy) is 1. The van der Waals surface area contributed by atoms with Crippen molar-refractivity contribution in [1.29, 1.82) is 0 Å². The van der Waals surface area contributed by atoms with E-state index in [1.54, 1.807) is 4.90 Å². The van der Waals surface area contributed by atoms with Crippen LogP contribution in [0.1, 0.15) is 33.7 Å². The second kappa shape index (κ2) is 6.82. The van der Waals surface area contributed by atoms with Crippen LogP contribution in [-0.2, 0) is 0 Å². The van der Waals surface area contributed by atoms with Gasteiger partial charge in [-0.3, -0.25) is 9.59 Å². The lowest BCUT2D eigenvalue weighted by molar-refractivity contribution is 0.0787. The average Bonchev–Trinajstić information content (AvgIpc) is 3.25. The molecule has 1 amide bonds. The molecule has 0 atom stereocenters. The Hall–Kier alpha value is -2.70. The molecule has 2 aromatic rings. The number of ketones is 1. The predicted molar refractivity (Wildman–Crippen MR) is 82.1 cm³/mol. The number of likely N-dealkylation sites (tertiary alicyclic amines) is 1. The molecule has 3 rings (SSSR count). The quantitative estimate of drug-likeness (QED) is 0.855. The molecule has 1 N–H and O–H groups in total. The van der Waals surface area contributed by atoms with E-state index in [2.05, 4.69) is 4.98 Å². The number of carbonyl (C=O) groups excluding carboxylic acids is 2. The van der Waals surface area contributed by atoms with E-state index in [0.717, 1.165) is 25.0 Å². The predicted octanol–water partition coefficient (Wildman–Crippen LogP) is 2.79. The lowest BCUT2D eigenvalue weighted by atomic mass is 10.2. The zero-order valence-corrected chi connectivity index (χ0v) is 12.9. The zero-order valence-electron chi connectivity index (χ0n) is 12.9. The maximum absolute atomic E-state index is 13.5. The Morgan fingerprint density at radius 2 is 1.92 bits per heavy atom. The monoisotopic (exact) mass is 334 g/mol. The Morgan fingerprint density at radius 3 is 2.62 bits per heavy atom. The van der Waals surface area contributed by atoms with Gasteiger partial charge in [-0.1, -0.05) is 0 Å². The molecule has 1 aromatic carbocycles. The third-order valence-electron chi connectivity index (χ3n) is 3.88. The molecule has 2 heterocycles. The molecule has 0 aliphatic carbocycles. The van der Waals surface area contributed by atoms with Gasteiger partial charge in [-0.25, -0.2) is 8.78 Å². The summed E-state index contributed by atoms with van der Waals surface area (Å²) in [6.07, 6.45) is 3.39. The third-order valence-corrected chi connectivity index (χ3v) is 3.88. The maximum Gasteiger partial charge on any atom is 0.270 e. The molecule has 7 heteroatoms. The van der Waals surface area contributed by atoms with Crippen molar-refractivity contribution >= 4 is 11.7 Å². The van der Waals surface area contributed by atoms with Gasteiger partial charge < -0.3 is 14.6 Å². The minimum Gasteiger partial charge on any atom is -0.482 e. The van der Waals surface area contributed by atoms with Crippen molar-refractivity contribution < 1.29 is 23.1 Å². The van der Waals surface area contributed by atoms with Crippen molar-refractivity contribution in [2.75, 3.05) is 19.7 Å². The van der Waals surface area contributed by atoms with E-state index < -0.39 is 24.0 Å². The molecule has 1 aromatic heterocycles. The summed E-state index contributed by atoms with van der Waals surface area (Å²) in [5, 5.41) is 0. The van der Waals surface area contributed by atoms with Crippen molar-refractivity contribution in [1.82, 2.24) is 9.88 Å². The number of hydrogen-bond acceptors (Lipinski definition) is 3. The summed E-state index contributed by atoms with van der Waals surface area (Å²) in [6, 6.07) is 4.32. The van der Waals surface area contributed by atoms with Crippen LogP contribution in [0.15, 0.2) is 30.5 Å². The Bertz CT molecular complexity index is 767. The first-order valence-corrected chi connectivity index (χ1v) is 7.63. The van der Waals surface area contributed by atoms with Gasteiger partial charge in [0.1, 0.15) is 11.5 Å². The van der Waals surface area contributed by atoms with Gasteiger partial charge in [0.2, 0.25) is 5.78 Å². The molecule has 1 aliphatic rings. The number of nitrogens with zero attached hydrogens (tertiary/aromatic N) is 1. The fourth-order valence-corrected chi connectivity index (χ4v) is 2.59. The summed E-state index contributed by atoms with van der Waals surface area (Å²) in [4.78, 5) is 28.8. The van der Waals surface area contributed by atoms with E-state index in [0.29, 0.717) is 24.8 Å². The number of halogens is 2. The van der Waals surface area contributed by atoms with Crippen LogP contribution in [0.5, 0.6) is 5.75 Å². The Morgan fingerprint density at radius 1 is 1.17 bits per heavy atom. The van der Waals surface area contributed by atoms with E-state index >= 15 is 0 Å². The Labute approximate surface area is 137 Å². The van der Waals surface area contributed by atoms with Crippen LogP contribution in [0.3, 0.4) is 0 Å². The molecule has 0 radical (unpaired) electrons. The van der Waals surface area contributed by atoms with E-state index in [4.69, 9.17) is 4.74 Å². The lowest BCUT2D eigenvalue weighted by Gasteiger charge is -2.13. The fraction of sp³-hybridized carbons (Fsp3) is 0.294. The number of aromatic nitrogens is 1. The Balaban J connectivity index is 1.62. The summed E-state index contributed by atoms with van der Waals surface area (Å²) in [6.45, 7) is 1.03. The smallest absolute Gasteiger partial charge is 0.270 e. The number of Topliss-reactive ketones (excluding diaryl/α,β-unsaturated/α-hetero) is 1. The highest BCUT2D eigenvalue weighted by Gasteiger charge is 2.22. The third kappa shape index (κ3) is 3.45. The van der Waals surface area contributed by atoms with Crippen LogP contribution in [0, 0.1) is 11.6 Å². The zero-order chi connectivity index (χ0) is 17.1. The van der Waals surface area contributed by atoms with E-state index in [1.807, 2.05) is 0 Å². The molecule has 1 saturated heterocycles. The normalized spacial score (nSPS) is 14.0. The van der Waals surface area contributed by atoms with Gasteiger partial charge in [-0.2, -0.15) is 0 Å². The second-order valence-electron chi connectivity index (χ2n) is 5.59. The summed E-state index contributed by atoms with van der Waals surface area (Å²) in [5.41, 5.74) is 0.619. The molecule has 0 saturated carbocycles. The number of rotatable bonds is 5. The van der Waals surface area contributed by atoms with Gasteiger partial charge in [0, 0.05) is 30.9 Å². The van der Waals surface area contributed by atoms with Gasteiger partial charge in [0.05, 0.1) is 0 Å². The molecule has 0 bridgehead atoms. The molecule has 126 valence electrons. The van der Waals surface area contributed by atoms with Crippen LogP contribution in [0.2, 0.25) is 0 Å². The molecule has 1 aliphatic heterocycles. The minimum atomic E-state index is -0.873. The summed E-state index contributed by atoms with van der Waals surface area (Å²) in [5.74, 6) is -2.34. The van der Waals surface area contributed by atoms with Crippen molar-refractivity contribution in [2.24, 2.45) is 0 Å².